The van der Waals surface area contributed by atoms with Gasteiger partial charge in [-0.1, -0.05) is 11.6 Å². The fraction of sp³-hybridized carbons (Fsp3) is 0.538. The first kappa shape index (κ1) is 17.6. The number of halogens is 5. The monoisotopic (exact) mass is 328 g/mol. The first-order chi connectivity index (χ1) is 8.86. The number of benzene rings is 1. The van der Waals surface area contributed by atoms with Crippen molar-refractivity contribution in [2.75, 3.05) is 19.6 Å². The van der Waals surface area contributed by atoms with Gasteiger partial charge in [0.15, 0.2) is 0 Å². The van der Waals surface area contributed by atoms with Gasteiger partial charge in [0.1, 0.15) is 0 Å². The largest absolute Gasteiger partial charge is 0.416 e. The van der Waals surface area contributed by atoms with Crippen molar-refractivity contribution in [3.05, 3.63) is 34.3 Å². The van der Waals surface area contributed by atoms with Crippen LogP contribution in [-0.4, -0.2) is 30.6 Å². The normalized spacial score (nSPS) is 20.6. The summed E-state index contributed by atoms with van der Waals surface area (Å²) < 4.78 is 38.2. The molecule has 0 radical (unpaired) electrons. The van der Waals surface area contributed by atoms with Gasteiger partial charge >= 0.3 is 6.18 Å². The molecule has 0 aromatic heterocycles. The summed E-state index contributed by atoms with van der Waals surface area (Å²) in [6.45, 7) is 5.09. The van der Waals surface area contributed by atoms with Crippen molar-refractivity contribution in [3.8, 4) is 0 Å². The second-order valence-electron chi connectivity index (χ2n) is 4.87. The number of alkyl halides is 3. The van der Waals surface area contributed by atoms with Gasteiger partial charge < -0.3 is 5.32 Å². The number of nitrogens with zero attached hydrogens (tertiary/aromatic N) is 1. The van der Waals surface area contributed by atoms with E-state index < -0.39 is 11.7 Å². The molecular formula is C13H17Cl2F3N2. The van der Waals surface area contributed by atoms with Crippen molar-refractivity contribution >= 4 is 24.0 Å². The summed E-state index contributed by atoms with van der Waals surface area (Å²) in [5, 5.41) is 3.38. The van der Waals surface area contributed by atoms with Gasteiger partial charge in [0.25, 0.3) is 0 Å². The van der Waals surface area contributed by atoms with E-state index in [1.807, 2.05) is 0 Å². The molecule has 1 atom stereocenters. The Morgan fingerprint density at radius 1 is 1.35 bits per heavy atom. The second-order valence-corrected chi connectivity index (χ2v) is 5.31. The number of rotatable bonds is 2. The molecule has 0 amide bonds. The van der Waals surface area contributed by atoms with Gasteiger partial charge in [-0.25, -0.2) is 0 Å². The first-order valence-electron chi connectivity index (χ1n) is 6.17. The zero-order valence-electron chi connectivity index (χ0n) is 11.0. The van der Waals surface area contributed by atoms with E-state index >= 15 is 0 Å². The van der Waals surface area contributed by atoms with E-state index in [1.165, 1.54) is 6.07 Å². The van der Waals surface area contributed by atoms with Crippen LogP contribution in [0.1, 0.15) is 18.1 Å². The average molecular weight is 329 g/mol. The van der Waals surface area contributed by atoms with Crippen molar-refractivity contribution in [3.63, 3.8) is 0 Å². The Morgan fingerprint density at radius 3 is 2.65 bits per heavy atom. The molecule has 1 aromatic rings. The molecule has 1 aromatic carbocycles. The highest BCUT2D eigenvalue weighted by Crippen LogP contribution is 2.32. The molecular weight excluding hydrogens is 312 g/mol. The Labute approximate surface area is 127 Å². The van der Waals surface area contributed by atoms with Crippen LogP contribution in [0.4, 0.5) is 13.2 Å². The zero-order valence-corrected chi connectivity index (χ0v) is 12.6. The predicted octanol–water partition coefficient (Wildman–Crippen LogP) is 3.57. The predicted molar refractivity (Wildman–Crippen MR) is 76.4 cm³/mol. The van der Waals surface area contributed by atoms with Gasteiger partial charge in [-0.3, -0.25) is 4.90 Å². The number of hydrogen-bond donors (Lipinski definition) is 1. The molecule has 1 fully saturated rings. The molecule has 1 N–H and O–H groups in total. The SMILES string of the molecule is C[C@@H]1CNCCN1Cc1cc(Cl)cc(C(F)(F)F)c1.Cl. The Morgan fingerprint density at radius 2 is 2.05 bits per heavy atom. The summed E-state index contributed by atoms with van der Waals surface area (Å²) in [4.78, 5) is 2.16. The molecule has 20 heavy (non-hydrogen) atoms. The van der Waals surface area contributed by atoms with Crippen molar-refractivity contribution in [2.45, 2.75) is 25.7 Å². The molecule has 0 spiro atoms. The highest BCUT2D eigenvalue weighted by molar-refractivity contribution is 6.30. The molecule has 0 aliphatic carbocycles. The number of hydrogen-bond acceptors (Lipinski definition) is 2. The molecule has 0 saturated carbocycles. The van der Waals surface area contributed by atoms with Gasteiger partial charge in [-0.2, -0.15) is 13.2 Å². The molecule has 0 unspecified atom stereocenters. The summed E-state index contributed by atoms with van der Waals surface area (Å²) in [5.41, 5.74) is -0.0774. The van der Waals surface area contributed by atoms with Gasteiger partial charge in [-0.15, -0.1) is 12.4 Å². The highest BCUT2D eigenvalue weighted by atomic mass is 35.5. The maximum Gasteiger partial charge on any atom is 0.416 e. The van der Waals surface area contributed by atoms with Crippen LogP contribution in [0.15, 0.2) is 18.2 Å². The molecule has 1 aliphatic rings. The minimum absolute atomic E-state index is 0. The minimum Gasteiger partial charge on any atom is -0.314 e. The van der Waals surface area contributed by atoms with Crippen LogP contribution in [0.2, 0.25) is 5.02 Å². The third kappa shape index (κ3) is 4.52. The Kier molecular flexibility index (Phi) is 6.13. The minimum atomic E-state index is -4.35. The maximum absolute atomic E-state index is 12.7. The lowest BCUT2D eigenvalue weighted by molar-refractivity contribution is -0.137. The molecule has 0 bridgehead atoms. The summed E-state index contributed by atoms with van der Waals surface area (Å²) in [6, 6.07) is 4.06. The summed E-state index contributed by atoms with van der Waals surface area (Å²) in [5.74, 6) is 0. The molecule has 114 valence electrons. The van der Waals surface area contributed by atoms with Gasteiger partial charge in [0.05, 0.1) is 5.56 Å². The average Bonchev–Trinajstić information content (AvgIpc) is 2.30. The first-order valence-corrected chi connectivity index (χ1v) is 6.55. The lowest BCUT2D eigenvalue weighted by Crippen LogP contribution is -2.49. The molecule has 2 rings (SSSR count). The second kappa shape index (κ2) is 6.98. The van der Waals surface area contributed by atoms with E-state index in [2.05, 4.69) is 17.1 Å². The van der Waals surface area contributed by atoms with E-state index in [0.717, 1.165) is 25.7 Å². The van der Waals surface area contributed by atoms with Crippen LogP contribution < -0.4 is 5.32 Å². The summed E-state index contributed by atoms with van der Waals surface area (Å²) in [6.07, 6.45) is -4.35. The standard InChI is InChI=1S/C13H16ClF3N2.ClH/c1-9-7-18-2-3-19(9)8-10-4-11(13(15,16)17)6-12(14)5-10;/h4-6,9,18H,2-3,7-8H2,1H3;1H/t9-;/m1./s1. The highest BCUT2D eigenvalue weighted by Gasteiger charge is 2.31. The van der Waals surface area contributed by atoms with Crippen molar-refractivity contribution in [1.82, 2.24) is 10.2 Å². The molecule has 1 aliphatic heterocycles. The van der Waals surface area contributed by atoms with Crippen LogP contribution in [0.25, 0.3) is 0 Å². The van der Waals surface area contributed by atoms with E-state index in [4.69, 9.17) is 11.6 Å². The van der Waals surface area contributed by atoms with Crippen LogP contribution in [-0.2, 0) is 12.7 Å². The summed E-state index contributed by atoms with van der Waals surface area (Å²) in [7, 11) is 0. The Balaban J connectivity index is 0.00000200. The Bertz CT molecular complexity index is 452. The fourth-order valence-corrected chi connectivity index (χ4v) is 2.52. The third-order valence-electron chi connectivity index (χ3n) is 3.31. The van der Waals surface area contributed by atoms with Gasteiger partial charge in [0, 0.05) is 37.2 Å². The lowest BCUT2D eigenvalue weighted by Gasteiger charge is -2.34. The van der Waals surface area contributed by atoms with Crippen LogP contribution >= 0.6 is 24.0 Å². The molecule has 1 saturated heterocycles. The van der Waals surface area contributed by atoms with Gasteiger partial charge in [0.2, 0.25) is 0 Å². The number of piperazine rings is 1. The topological polar surface area (TPSA) is 15.3 Å². The van der Waals surface area contributed by atoms with Crippen LogP contribution in [0.3, 0.4) is 0 Å². The van der Waals surface area contributed by atoms with E-state index in [-0.39, 0.29) is 17.4 Å². The quantitative estimate of drug-likeness (QED) is 0.892. The van der Waals surface area contributed by atoms with Crippen LogP contribution in [0.5, 0.6) is 0 Å². The summed E-state index contributed by atoms with van der Waals surface area (Å²) >= 11 is 5.78. The van der Waals surface area contributed by atoms with Crippen molar-refractivity contribution in [2.24, 2.45) is 0 Å². The van der Waals surface area contributed by atoms with E-state index in [0.29, 0.717) is 18.2 Å². The van der Waals surface area contributed by atoms with E-state index in [9.17, 15) is 13.2 Å². The number of nitrogens with one attached hydrogen (secondary N) is 1. The Hall–Kier alpha value is -0.490. The fourth-order valence-electron chi connectivity index (χ4n) is 2.26. The maximum atomic E-state index is 12.7. The third-order valence-corrected chi connectivity index (χ3v) is 3.53. The lowest BCUT2D eigenvalue weighted by atomic mass is 10.1. The molecule has 2 nitrogen and oxygen atoms in total. The zero-order chi connectivity index (χ0) is 14.0. The van der Waals surface area contributed by atoms with Gasteiger partial charge in [-0.05, 0) is 30.7 Å². The van der Waals surface area contributed by atoms with E-state index in [1.54, 1.807) is 6.07 Å². The van der Waals surface area contributed by atoms with Crippen molar-refractivity contribution < 1.29 is 13.2 Å². The van der Waals surface area contributed by atoms with Crippen molar-refractivity contribution in [1.29, 1.82) is 0 Å². The van der Waals surface area contributed by atoms with Crippen LogP contribution in [0, 0.1) is 0 Å². The molecule has 7 heteroatoms. The molecule has 1 heterocycles. The smallest absolute Gasteiger partial charge is 0.314 e.